The molecule has 1 fully saturated rings. The van der Waals surface area contributed by atoms with E-state index in [0.29, 0.717) is 27.4 Å². The summed E-state index contributed by atoms with van der Waals surface area (Å²) in [6.07, 6.45) is 1.61. The van der Waals surface area contributed by atoms with Crippen molar-refractivity contribution in [2.24, 2.45) is 10.5 Å². The van der Waals surface area contributed by atoms with Crippen LogP contribution in [0.1, 0.15) is 49.4 Å². The molecule has 2 aliphatic heterocycles. The Bertz CT molecular complexity index is 1820. The van der Waals surface area contributed by atoms with E-state index in [1.54, 1.807) is 60.8 Å². The Morgan fingerprint density at radius 3 is 2.26 bits per heavy atom. The van der Waals surface area contributed by atoms with E-state index in [1.807, 2.05) is 24.3 Å². The van der Waals surface area contributed by atoms with Crippen molar-refractivity contribution < 1.29 is 19.3 Å². The average Bonchev–Trinajstić information content (AvgIpc) is 3.44. The van der Waals surface area contributed by atoms with Crippen LogP contribution < -0.4 is 5.32 Å². The number of rotatable bonds is 4. The number of fused-ring (bicyclic) bond motifs is 5. The molecule has 1 saturated heterocycles. The normalized spacial score (nSPS) is 21.2. The van der Waals surface area contributed by atoms with Gasteiger partial charge in [-0.3, -0.25) is 29.5 Å². The predicted octanol–water partition coefficient (Wildman–Crippen LogP) is 5.81. The van der Waals surface area contributed by atoms with E-state index >= 15 is 0 Å². The lowest BCUT2D eigenvalue weighted by atomic mass is 9.63. The van der Waals surface area contributed by atoms with Crippen molar-refractivity contribution in [1.29, 1.82) is 0 Å². The Balaban J connectivity index is 1.50. The molecule has 1 N–H and O–H groups in total. The Morgan fingerprint density at radius 1 is 0.905 bits per heavy atom. The highest BCUT2D eigenvalue weighted by Gasteiger charge is 2.73. The molecule has 1 aliphatic carbocycles. The van der Waals surface area contributed by atoms with Crippen molar-refractivity contribution in [3.05, 3.63) is 140 Å². The molecule has 3 atom stereocenters. The number of anilines is 1. The maximum atomic E-state index is 14.7. The summed E-state index contributed by atoms with van der Waals surface area (Å²) in [5.41, 5.74) is 0.612. The van der Waals surface area contributed by atoms with Gasteiger partial charge in [0.15, 0.2) is 11.6 Å². The fraction of sp³-hybridized carbons (Fsp3) is 0.125. The molecule has 206 valence electrons. The highest BCUT2D eigenvalue weighted by Crippen LogP contribution is 2.64. The quantitative estimate of drug-likeness (QED) is 0.186. The van der Waals surface area contributed by atoms with E-state index in [-0.39, 0.29) is 16.8 Å². The van der Waals surface area contributed by atoms with Gasteiger partial charge in [0.05, 0.1) is 17.2 Å². The lowest BCUT2D eigenvalue weighted by Gasteiger charge is -2.36. The number of nitrogens with one attached hydrogen (secondary N) is 1. The Hall–Kier alpha value is -5.15. The number of benzene rings is 4. The summed E-state index contributed by atoms with van der Waals surface area (Å²) in [6.45, 7) is 0. The monoisotopic (exact) mass is 576 g/mol. The third kappa shape index (κ3) is 3.56. The molecule has 42 heavy (non-hydrogen) atoms. The zero-order valence-electron chi connectivity index (χ0n) is 21.8. The zero-order valence-corrected chi connectivity index (χ0v) is 22.6. The van der Waals surface area contributed by atoms with Crippen LogP contribution in [-0.2, 0) is 4.79 Å². The molecule has 4 aromatic carbocycles. The van der Waals surface area contributed by atoms with Crippen LogP contribution in [0.15, 0.2) is 102 Å². The SMILES string of the molecule is O=C(Nc1ccc(Cl)cc1)[C@@H]1[C@@H](c2cccc([N+](=O)[O-])c2)C2(C(=O)c3ccccc3C2=O)[C@@H]2c3ccccc3C=NN12. The molecule has 10 heteroatoms. The summed E-state index contributed by atoms with van der Waals surface area (Å²) >= 11 is 6.05. The smallest absolute Gasteiger partial charge is 0.269 e. The summed E-state index contributed by atoms with van der Waals surface area (Å²) in [4.78, 5) is 54.9. The lowest BCUT2D eigenvalue weighted by Crippen LogP contribution is -2.44. The lowest BCUT2D eigenvalue weighted by molar-refractivity contribution is -0.384. The maximum absolute atomic E-state index is 14.7. The van der Waals surface area contributed by atoms with Crippen LogP contribution in [0.4, 0.5) is 11.4 Å². The van der Waals surface area contributed by atoms with Gasteiger partial charge in [-0.1, -0.05) is 72.3 Å². The second-order valence-corrected chi connectivity index (χ2v) is 10.9. The molecule has 0 radical (unpaired) electrons. The first-order valence-electron chi connectivity index (χ1n) is 13.2. The van der Waals surface area contributed by atoms with Gasteiger partial charge >= 0.3 is 0 Å². The van der Waals surface area contributed by atoms with Gasteiger partial charge < -0.3 is 5.32 Å². The van der Waals surface area contributed by atoms with Crippen LogP contribution in [0.5, 0.6) is 0 Å². The first-order chi connectivity index (χ1) is 20.3. The van der Waals surface area contributed by atoms with Crippen molar-refractivity contribution in [1.82, 2.24) is 5.01 Å². The third-order valence-electron chi connectivity index (χ3n) is 8.40. The fourth-order valence-corrected chi connectivity index (χ4v) is 6.86. The second kappa shape index (κ2) is 9.46. The van der Waals surface area contributed by atoms with Crippen LogP contribution in [0.3, 0.4) is 0 Å². The molecule has 1 amide bonds. The number of hydrazone groups is 1. The second-order valence-electron chi connectivity index (χ2n) is 10.5. The fourth-order valence-electron chi connectivity index (χ4n) is 6.73. The number of carbonyl (C=O) groups is 3. The molecule has 9 nitrogen and oxygen atoms in total. The highest BCUT2D eigenvalue weighted by molar-refractivity contribution is 6.32. The van der Waals surface area contributed by atoms with Crippen LogP contribution in [0.2, 0.25) is 5.02 Å². The molecule has 2 heterocycles. The standard InChI is InChI=1S/C32H21ClN4O5/c33-20-12-14-21(15-13-20)35-31(40)27-26(18-7-5-8-22(16-18)37(41)42)32(29(38)24-10-3-4-11-25(24)30(32)39)28-23-9-2-1-6-19(23)17-34-36(27)28/h1-17,26-28H,(H,35,40)/t26-,27+,28+/m1/s1. The number of non-ortho nitro benzene ring substituents is 1. The number of carbonyl (C=O) groups excluding carboxylic acids is 3. The molecular weight excluding hydrogens is 556 g/mol. The minimum absolute atomic E-state index is 0.219. The Kier molecular flexibility index (Phi) is 5.81. The number of nitro groups is 1. The molecule has 0 aromatic heterocycles. The maximum Gasteiger partial charge on any atom is 0.269 e. The topological polar surface area (TPSA) is 122 Å². The first kappa shape index (κ1) is 25.8. The van der Waals surface area contributed by atoms with Crippen LogP contribution in [0, 0.1) is 15.5 Å². The van der Waals surface area contributed by atoms with E-state index < -0.39 is 45.8 Å². The number of hydrogen-bond acceptors (Lipinski definition) is 7. The summed E-state index contributed by atoms with van der Waals surface area (Å²) in [5.74, 6) is -2.53. The van der Waals surface area contributed by atoms with Gasteiger partial charge in [-0.15, -0.1) is 0 Å². The summed E-state index contributed by atoms with van der Waals surface area (Å²) in [5, 5.41) is 21.4. The van der Waals surface area contributed by atoms with Crippen molar-refractivity contribution in [3.63, 3.8) is 0 Å². The van der Waals surface area contributed by atoms with Crippen molar-refractivity contribution in [2.75, 3.05) is 5.32 Å². The van der Waals surface area contributed by atoms with E-state index in [1.165, 1.54) is 23.2 Å². The van der Waals surface area contributed by atoms with Gasteiger partial charge in [-0.25, -0.2) is 0 Å². The number of hydrogen-bond donors (Lipinski definition) is 1. The molecule has 1 spiro atoms. The number of ketones is 2. The zero-order chi connectivity index (χ0) is 29.2. The number of Topliss-reactive ketones (excluding diaryl/α,β-unsaturated/α-hetero) is 2. The number of nitro benzene ring substituents is 1. The minimum Gasteiger partial charge on any atom is -0.324 e. The predicted molar refractivity (Wildman–Crippen MR) is 156 cm³/mol. The first-order valence-corrected chi connectivity index (χ1v) is 13.6. The molecule has 3 aliphatic rings. The van der Waals surface area contributed by atoms with Crippen molar-refractivity contribution >= 4 is 46.7 Å². The molecule has 0 unspecified atom stereocenters. The molecule has 0 bridgehead atoms. The number of nitrogens with zero attached hydrogens (tertiary/aromatic N) is 3. The number of amides is 1. The largest absolute Gasteiger partial charge is 0.324 e. The Labute approximate surface area is 244 Å². The van der Waals surface area contributed by atoms with Crippen LogP contribution in [0.25, 0.3) is 0 Å². The van der Waals surface area contributed by atoms with E-state index in [2.05, 4.69) is 10.4 Å². The van der Waals surface area contributed by atoms with Gasteiger partial charge in [0.1, 0.15) is 11.5 Å². The van der Waals surface area contributed by atoms with E-state index in [9.17, 15) is 24.5 Å². The average molecular weight is 577 g/mol. The van der Waals surface area contributed by atoms with Crippen molar-refractivity contribution in [2.45, 2.75) is 18.0 Å². The van der Waals surface area contributed by atoms with Gasteiger partial charge in [0.2, 0.25) is 5.91 Å². The van der Waals surface area contributed by atoms with Crippen molar-refractivity contribution in [3.8, 4) is 0 Å². The molecule has 4 aromatic rings. The summed E-state index contributed by atoms with van der Waals surface area (Å²) < 4.78 is 0. The van der Waals surface area contributed by atoms with Gasteiger partial charge in [-0.05, 0) is 41.0 Å². The minimum atomic E-state index is -1.82. The van der Waals surface area contributed by atoms with Crippen LogP contribution in [-0.4, -0.2) is 39.7 Å². The highest BCUT2D eigenvalue weighted by atomic mass is 35.5. The molecule has 7 rings (SSSR count). The van der Waals surface area contributed by atoms with Crippen LogP contribution >= 0.6 is 11.6 Å². The molecular formula is C32H21ClN4O5. The number of halogens is 1. The van der Waals surface area contributed by atoms with E-state index in [0.717, 1.165) is 0 Å². The Morgan fingerprint density at radius 2 is 1.57 bits per heavy atom. The van der Waals surface area contributed by atoms with Gasteiger partial charge in [0.25, 0.3) is 5.69 Å². The van der Waals surface area contributed by atoms with Gasteiger partial charge in [-0.2, -0.15) is 5.10 Å². The third-order valence-corrected chi connectivity index (χ3v) is 8.65. The van der Waals surface area contributed by atoms with E-state index in [4.69, 9.17) is 11.6 Å². The summed E-state index contributed by atoms with van der Waals surface area (Å²) in [7, 11) is 0. The molecule has 0 saturated carbocycles. The summed E-state index contributed by atoms with van der Waals surface area (Å²) in [6, 6.07) is 24.1. The van der Waals surface area contributed by atoms with Gasteiger partial charge in [0, 0.05) is 39.9 Å².